The number of nitrogens with zero attached hydrogens (tertiary/aromatic N) is 1. The number of halogens is 2. The van der Waals surface area contributed by atoms with Gasteiger partial charge in [-0.05, 0) is 36.8 Å². The SMILES string of the molecule is Cc1ccc(F)c(C(=O)N(C)Cc2cccc(Cl)c2)c1. The number of rotatable bonds is 3. The molecule has 0 spiro atoms. The summed E-state index contributed by atoms with van der Waals surface area (Å²) in [5.74, 6) is -0.843. The molecule has 1 amide bonds. The molecule has 0 saturated carbocycles. The monoisotopic (exact) mass is 291 g/mol. The largest absolute Gasteiger partial charge is 0.337 e. The molecule has 0 saturated heterocycles. The Bertz CT molecular complexity index is 642. The van der Waals surface area contributed by atoms with Gasteiger partial charge in [0.25, 0.3) is 5.91 Å². The van der Waals surface area contributed by atoms with Crippen LogP contribution in [0.3, 0.4) is 0 Å². The Morgan fingerprint density at radius 2 is 2.00 bits per heavy atom. The third-order valence-electron chi connectivity index (χ3n) is 3.01. The molecule has 2 nitrogen and oxygen atoms in total. The second-order valence-electron chi connectivity index (χ2n) is 4.77. The van der Waals surface area contributed by atoms with Gasteiger partial charge < -0.3 is 4.90 Å². The Labute approximate surface area is 122 Å². The maximum absolute atomic E-state index is 13.7. The number of carbonyl (C=O) groups is 1. The number of aryl methyl sites for hydroxylation is 1. The predicted molar refractivity (Wildman–Crippen MR) is 78.4 cm³/mol. The van der Waals surface area contributed by atoms with E-state index >= 15 is 0 Å². The van der Waals surface area contributed by atoms with E-state index in [1.165, 1.54) is 11.0 Å². The van der Waals surface area contributed by atoms with E-state index in [-0.39, 0.29) is 11.5 Å². The maximum atomic E-state index is 13.7. The first-order chi connectivity index (χ1) is 9.47. The minimum Gasteiger partial charge on any atom is -0.337 e. The number of amides is 1. The second-order valence-corrected chi connectivity index (χ2v) is 5.21. The Morgan fingerprint density at radius 3 is 2.70 bits per heavy atom. The Morgan fingerprint density at radius 1 is 1.25 bits per heavy atom. The van der Waals surface area contributed by atoms with E-state index in [4.69, 9.17) is 11.6 Å². The van der Waals surface area contributed by atoms with Crippen molar-refractivity contribution in [1.29, 1.82) is 0 Å². The molecule has 0 heterocycles. The van der Waals surface area contributed by atoms with E-state index in [0.29, 0.717) is 11.6 Å². The number of hydrogen-bond donors (Lipinski definition) is 0. The lowest BCUT2D eigenvalue weighted by Crippen LogP contribution is -2.27. The van der Waals surface area contributed by atoms with Crippen molar-refractivity contribution < 1.29 is 9.18 Å². The van der Waals surface area contributed by atoms with Gasteiger partial charge in [-0.2, -0.15) is 0 Å². The van der Waals surface area contributed by atoms with Gasteiger partial charge in [-0.15, -0.1) is 0 Å². The fraction of sp³-hybridized carbons (Fsp3) is 0.188. The van der Waals surface area contributed by atoms with E-state index in [1.807, 2.05) is 19.1 Å². The molecule has 20 heavy (non-hydrogen) atoms. The Balaban J connectivity index is 2.18. The zero-order valence-electron chi connectivity index (χ0n) is 11.4. The van der Waals surface area contributed by atoms with Crippen LogP contribution in [0.1, 0.15) is 21.5 Å². The van der Waals surface area contributed by atoms with Crippen LogP contribution in [-0.4, -0.2) is 17.9 Å². The highest BCUT2D eigenvalue weighted by atomic mass is 35.5. The minimum absolute atomic E-state index is 0.0922. The summed E-state index contributed by atoms with van der Waals surface area (Å²) in [4.78, 5) is 13.7. The first-order valence-electron chi connectivity index (χ1n) is 6.23. The summed E-state index contributed by atoms with van der Waals surface area (Å²) in [6.07, 6.45) is 0. The number of carbonyl (C=O) groups excluding carboxylic acids is 1. The van der Waals surface area contributed by atoms with E-state index in [9.17, 15) is 9.18 Å². The van der Waals surface area contributed by atoms with Crippen molar-refractivity contribution in [1.82, 2.24) is 4.90 Å². The smallest absolute Gasteiger partial charge is 0.256 e. The molecule has 0 aliphatic carbocycles. The van der Waals surface area contributed by atoms with Crippen molar-refractivity contribution in [3.05, 3.63) is 70.0 Å². The summed E-state index contributed by atoms with van der Waals surface area (Å²) < 4.78 is 13.7. The summed E-state index contributed by atoms with van der Waals surface area (Å²) in [6, 6.07) is 11.8. The van der Waals surface area contributed by atoms with Crippen LogP contribution in [0.25, 0.3) is 0 Å². The summed E-state index contributed by atoms with van der Waals surface area (Å²) in [6.45, 7) is 2.21. The standard InChI is InChI=1S/C16H15ClFNO/c1-11-6-7-15(18)14(8-11)16(20)19(2)10-12-4-3-5-13(17)9-12/h3-9H,10H2,1-2H3. The van der Waals surface area contributed by atoms with Gasteiger partial charge >= 0.3 is 0 Å². The summed E-state index contributed by atoms with van der Waals surface area (Å²) in [5, 5.41) is 0.616. The topological polar surface area (TPSA) is 20.3 Å². The van der Waals surface area contributed by atoms with Crippen LogP contribution < -0.4 is 0 Å². The van der Waals surface area contributed by atoms with E-state index < -0.39 is 5.82 Å². The van der Waals surface area contributed by atoms with Gasteiger partial charge in [0, 0.05) is 18.6 Å². The number of hydrogen-bond acceptors (Lipinski definition) is 1. The molecule has 2 aromatic rings. The fourth-order valence-electron chi connectivity index (χ4n) is 1.99. The quantitative estimate of drug-likeness (QED) is 0.835. The van der Waals surface area contributed by atoms with Gasteiger partial charge in [0.2, 0.25) is 0 Å². The van der Waals surface area contributed by atoms with Crippen LogP contribution in [-0.2, 0) is 6.54 Å². The molecule has 0 radical (unpaired) electrons. The molecule has 0 unspecified atom stereocenters. The Hall–Kier alpha value is -1.87. The predicted octanol–water partition coefficient (Wildman–Crippen LogP) is 4.06. The second kappa shape index (κ2) is 6.06. The van der Waals surface area contributed by atoms with Gasteiger partial charge in [0.1, 0.15) is 5.82 Å². The maximum Gasteiger partial charge on any atom is 0.256 e. The van der Waals surface area contributed by atoms with Gasteiger partial charge in [-0.3, -0.25) is 4.79 Å². The van der Waals surface area contributed by atoms with E-state index in [0.717, 1.165) is 11.1 Å². The zero-order valence-corrected chi connectivity index (χ0v) is 12.1. The van der Waals surface area contributed by atoms with E-state index in [1.54, 1.807) is 31.3 Å². The van der Waals surface area contributed by atoms with Crippen LogP contribution in [0.15, 0.2) is 42.5 Å². The lowest BCUT2D eigenvalue weighted by Gasteiger charge is -2.18. The minimum atomic E-state index is -0.501. The molecule has 4 heteroatoms. The third-order valence-corrected chi connectivity index (χ3v) is 3.24. The van der Waals surface area contributed by atoms with Crippen LogP contribution in [0.4, 0.5) is 4.39 Å². The molecule has 0 fully saturated rings. The lowest BCUT2D eigenvalue weighted by atomic mass is 10.1. The normalized spacial score (nSPS) is 10.4. The first-order valence-corrected chi connectivity index (χ1v) is 6.61. The highest BCUT2D eigenvalue weighted by Crippen LogP contribution is 2.16. The molecule has 0 atom stereocenters. The van der Waals surface area contributed by atoms with Crippen molar-refractivity contribution in [3.8, 4) is 0 Å². The zero-order chi connectivity index (χ0) is 14.7. The summed E-state index contributed by atoms with van der Waals surface area (Å²) in [5.41, 5.74) is 1.85. The first kappa shape index (κ1) is 14.5. The van der Waals surface area contributed by atoms with Crippen molar-refractivity contribution in [2.75, 3.05) is 7.05 Å². The molecule has 0 bridgehead atoms. The van der Waals surface area contributed by atoms with Crippen molar-refractivity contribution >= 4 is 17.5 Å². The molecule has 2 rings (SSSR count). The van der Waals surface area contributed by atoms with Crippen LogP contribution in [0.5, 0.6) is 0 Å². The van der Waals surface area contributed by atoms with Gasteiger partial charge in [-0.25, -0.2) is 4.39 Å². The van der Waals surface area contributed by atoms with Gasteiger partial charge in [-0.1, -0.05) is 35.4 Å². The average Bonchev–Trinajstić information content (AvgIpc) is 2.40. The molecule has 0 aliphatic heterocycles. The number of benzene rings is 2. The molecular formula is C16H15ClFNO. The molecule has 0 aromatic heterocycles. The van der Waals surface area contributed by atoms with Crippen LogP contribution in [0, 0.1) is 12.7 Å². The fourth-order valence-corrected chi connectivity index (χ4v) is 2.20. The van der Waals surface area contributed by atoms with Gasteiger partial charge in [0.05, 0.1) is 5.56 Å². The molecule has 0 aliphatic rings. The van der Waals surface area contributed by atoms with E-state index in [2.05, 4.69) is 0 Å². The molecule has 2 aromatic carbocycles. The van der Waals surface area contributed by atoms with Crippen molar-refractivity contribution in [2.45, 2.75) is 13.5 Å². The molecular weight excluding hydrogens is 277 g/mol. The highest BCUT2D eigenvalue weighted by molar-refractivity contribution is 6.30. The highest BCUT2D eigenvalue weighted by Gasteiger charge is 2.16. The van der Waals surface area contributed by atoms with Gasteiger partial charge in [0.15, 0.2) is 0 Å². The molecule has 0 N–H and O–H groups in total. The Kier molecular flexibility index (Phi) is 4.40. The van der Waals surface area contributed by atoms with Crippen molar-refractivity contribution in [2.24, 2.45) is 0 Å². The molecule has 104 valence electrons. The summed E-state index contributed by atoms with van der Waals surface area (Å²) in [7, 11) is 1.64. The summed E-state index contributed by atoms with van der Waals surface area (Å²) >= 11 is 5.91. The van der Waals surface area contributed by atoms with Crippen LogP contribution in [0.2, 0.25) is 5.02 Å². The average molecular weight is 292 g/mol. The lowest BCUT2D eigenvalue weighted by molar-refractivity contribution is 0.0780. The van der Waals surface area contributed by atoms with Crippen LogP contribution >= 0.6 is 11.6 Å². The third kappa shape index (κ3) is 3.36. The van der Waals surface area contributed by atoms with Crippen molar-refractivity contribution in [3.63, 3.8) is 0 Å².